The van der Waals surface area contributed by atoms with Gasteiger partial charge in [0.15, 0.2) is 0 Å². The molecule has 1 unspecified atom stereocenters. The fraction of sp³-hybridized carbons (Fsp3) is 0.571. The zero-order chi connectivity index (χ0) is 8.27. The Labute approximate surface area is 63.9 Å². The summed E-state index contributed by atoms with van der Waals surface area (Å²) >= 11 is 0. The lowest BCUT2D eigenvalue weighted by atomic mass is 10.0. The molecule has 0 radical (unpaired) electrons. The molecular weight excluding hydrogens is 149 g/mol. The van der Waals surface area contributed by atoms with E-state index in [1.165, 1.54) is 0 Å². The second-order valence-electron chi connectivity index (χ2n) is 2.48. The van der Waals surface area contributed by atoms with E-state index in [9.17, 15) is 9.18 Å². The van der Waals surface area contributed by atoms with Crippen LogP contribution in [0.3, 0.4) is 0 Å². The fourth-order valence-corrected chi connectivity index (χ4v) is 1.07. The van der Waals surface area contributed by atoms with Crippen LogP contribution in [-0.4, -0.2) is 30.3 Å². The molecule has 11 heavy (non-hydrogen) atoms. The number of aliphatic carboxylic acids is 1. The molecule has 0 amide bonds. The van der Waals surface area contributed by atoms with Crippen LogP contribution >= 0.6 is 0 Å². The normalized spacial score (nSPS) is 28.8. The first-order chi connectivity index (χ1) is 5.20. The second-order valence-corrected chi connectivity index (χ2v) is 2.48. The lowest BCUT2D eigenvalue weighted by molar-refractivity contribution is -0.131. The Bertz CT molecular complexity index is 191. The van der Waals surface area contributed by atoms with E-state index in [4.69, 9.17) is 5.11 Å². The first kappa shape index (κ1) is 8.20. The van der Waals surface area contributed by atoms with Crippen molar-refractivity contribution in [3.8, 4) is 0 Å². The Balaban J connectivity index is 2.60. The van der Waals surface area contributed by atoms with Gasteiger partial charge in [-0.15, -0.1) is 0 Å². The molecule has 4 heteroatoms. The molecule has 0 bridgehead atoms. The van der Waals surface area contributed by atoms with Crippen molar-refractivity contribution in [2.45, 2.75) is 12.6 Å². The van der Waals surface area contributed by atoms with Crippen LogP contribution in [-0.2, 0) is 4.79 Å². The third-order valence-corrected chi connectivity index (χ3v) is 1.63. The average molecular weight is 159 g/mol. The summed E-state index contributed by atoms with van der Waals surface area (Å²) in [7, 11) is 0. The van der Waals surface area contributed by atoms with Gasteiger partial charge in [-0.2, -0.15) is 0 Å². The number of hydrogen-bond donors (Lipinski definition) is 2. The maximum absolute atomic E-state index is 12.8. The van der Waals surface area contributed by atoms with Crippen molar-refractivity contribution in [1.29, 1.82) is 0 Å². The van der Waals surface area contributed by atoms with Crippen molar-refractivity contribution in [1.82, 2.24) is 5.32 Å². The van der Waals surface area contributed by atoms with E-state index in [1.54, 1.807) is 0 Å². The SMILES string of the molecule is O=C(O)C=C1CCNCC1F. The van der Waals surface area contributed by atoms with Gasteiger partial charge in [0.25, 0.3) is 0 Å². The number of rotatable bonds is 1. The molecule has 2 N–H and O–H groups in total. The number of nitrogens with one attached hydrogen (secondary N) is 1. The Hall–Kier alpha value is -0.900. The summed E-state index contributed by atoms with van der Waals surface area (Å²) in [4.78, 5) is 10.1. The van der Waals surface area contributed by atoms with Gasteiger partial charge in [-0.25, -0.2) is 9.18 Å². The predicted octanol–water partition coefficient (Wildman–Crippen LogP) is 0.329. The van der Waals surface area contributed by atoms with E-state index in [0.717, 1.165) is 6.08 Å². The number of carboxylic acids is 1. The quantitative estimate of drug-likeness (QED) is 0.542. The minimum absolute atomic E-state index is 0.235. The molecule has 1 rings (SSSR count). The van der Waals surface area contributed by atoms with E-state index in [1.807, 2.05) is 0 Å². The smallest absolute Gasteiger partial charge is 0.328 e. The van der Waals surface area contributed by atoms with Gasteiger partial charge in [0.1, 0.15) is 6.17 Å². The van der Waals surface area contributed by atoms with Crippen LogP contribution in [0, 0.1) is 0 Å². The third kappa shape index (κ3) is 2.31. The minimum atomic E-state index is -1.13. The highest BCUT2D eigenvalue weighted by Gasteiger charge is 2.17. The summed E-state index contributed by atoms with van der Waals surface area (Å²) in [5.41, 5.74) is 0.385. The van der Waals surface area contributed by atoms with Crippen LogP contribution in [0.15, 0.2) is 11.6 Å². The number of halogens is 1. The van der Waals surface area contributed by atoms with Gasteiger partial charge in [-0.05, 0) is 18.5 Å². The molecule has 0 spiro atoms. The topological polar surface area (TPSA) is 49.3 Å². The van der Waals surface area contributed by atoms with E-state index in [2.05, 4.69) is 5.32 Å². The summed E-state index contributed by atoms with van der Waals surface area (Å²) in [6.07, 6.45) is 0.332. The minimum Gasteiger partial charge on any atom is -0.478 e. The molecule has 0 aromatic carbocycles. The van der Waals surface area contributed by atoms with Crippen LogP contribution in [0.5, 0.6) is 0 Å². The summed E-state index contributed by atoms with van der Waals surface area (Å²) in [6, 6.07) is 0. The molecule has 1 aliphatic heterocycles. The van der Waals surface area contributed by atoms with Crippen LogP contribution in [0.2, 0.25) is 0 Å². The first-order valence-electron chi connectivity index (χ1n) is 3.48. The van der Waals surface area contributed by atoms with E-state index >= 15 is 0 Å². The highest BCUT2D eigenvalue weighted by atomic mass is 19.1. The highest BCUT2D eigenvalue weighted by molar-refractivity contribution is 5.80. The maximum atomic E-state index is 12.8. The van der Waals surface area contributed by atoms with Crippen LogP contribution < -0.4 is 5.32 Å². The van der Waals surface area contributed by atoms with Crippen LogP contribution in [0.4, 0.5) is 4.39 Å². The molecule has 1 atom stereocenters. The maximum Gasteiger partial charge on any atom is 0.328 e. The van der Waals surface area contributed by atoms with E-state index < -0.39 is 12.1 Å². The number of carbonyl (C=O) groups is 1. The van der Waals surface area contributed by atoms with Crippen LogP contribution in [0.1, 0.15) is 6.42 Å². The van der Waals surface area contributed by atoms with Crippen molar-refractivity contribution in [2.75, 3.05) is 13.1 Å². The molecular formula is C7H10FNO2. The third-order valence-electron chi connectivity index (χ3n) is 1.63. The zero-order valence-electron chi connectivity index (χ0n) is 6.01. The molecule has 0 saturated carbocycles. The molecule has 62 valence electrons. The molecule has 0 aromatic rings. The largest absolute Gasteiger partial charge is 0.478 e. The lowest BCUT2D eigenvalue weighted by Gasteiger charge is -2.18. The van der Waals surface area contributed by atoms with Gasteiger partial charge >= 0.3 is 5.97 Å². The van der Waals surface area contributed by atoms with Crippen LogP contribution in [0.25, 0.3) is 0 Å². The summed E-state index contributed by atoms with van der Waals surface area (Å²) in [6.45, 7) is 0.901. The molecule has 0 aromatic heterocycles. The second kappa shape index (κ2) is 3.48. The van der Waals surface area contributed by atoms with Crippen molar-refractivity contribution in [3.63, 3.8) is 0 Å². The van der Waals surface area contributed by atoms with E-state index in [0.29, 0.717) is 18.5 Å². The molecule has 3 nitrogen and oxygen atoms in total. The van der Waals surface area contributed by atoms with Gasteiger partial charge in [-0.3, -0.25) is 0 Å². The molecule has 1 saturated heterocycles. The first-order valence-corrected chi connectivity index (χ1v) is 3.48. The van der Waals surface area contributed by atoms with Crippen molar-refractivity contribution in [3.05, 3.63) is 11.6 Å². The van der Waals surface area contributed by atoms with Gasteiger partial charge in [0.2, 0.25) is 0 Å². The molecule has 1 heterocycles. The highest BCUT2D eigenvalue weighted by Crippen LogP contribution is 2.13. The number of alkyl halides is 1. The zero-order valence-corrected chi connectivity index (χ0v) is 6.01. The van der Waals surface area contributed by atoms with Crippen molar-refractivity contribution in [2.24, 2.45) is 0 Å². The van der Waals surface area contributed by atoms with Gasteiger partial charge in [-0.1, -0.05) is 0 Å². The standard InChI is InChI=1S/C7H10FNO2/c8-6-4-9-2-1-5(6)3-7(10)11/h3,6,9H,1-2,4H2,(H,10,11). The fourth-order valence-electron chi connectivity index (χ4n) is 1.07. The average Bonchev–Trinajstić information content (AvgIpc) is 1.93. The number of carboxylic acid groups (broad SMARTS) is 1. The van der Waals surface area contributed by atoms with Gasteiger partial charge in [0.05, 0.1) is 0 Å². The Morgan fingerprint density at radius 3 is 3.09 bits per heavy atom. The van der Waals surface area contributed by atoms with E-state index in [-0.39, 0.29) is 6.54 Å². The summed E-state index contributed by atoms with van der Waals surface area (Å²) < 4.78 is 12.8. The Kier molecular flexibility index (Phi) is 2.59. The summed E-state index contributed by atoms with van der Waals surface area (Å²) in [5.74, 6) is -1.07. The number of piperidine rings is 1. The predicted molar refractivity (Wildman–Crippen MR) is 38.1 cm³/mol. The molecule has 0 aliphatic carbocycles. The Morgan fingerprint density at radius 1 is 1.82 bits per heavy atom. The van der Waals surface area contributed by atoms with Gasteiger partial charge in [0, 0.05) is 12.6 Å². The van der Waals surface area contributed by atoms with Crippen molar-refractivity contribution >= 4 is 5.97 Å². The lowest BCUT2D eigenvalue weighted by Crippen LogP contribution is -2.33. The van der Waals surface area contributed by atoms with Crippen molar-refractivity contribution < 1.29 is 14.3 Å². The monoisotopic (exact) mass is 159 g/mol. The van der Waals surface area contributed by atoms with Gasteiger partial charge < -0.3 is 10.4 Å². The Morgan fingerprint density at radius 2 is 2.55 bits per heavy atom. The molecule has 1 fully saturated rings. The number of hydrogen-bond acceptors (Lipinski definition) is 2. The molecule has 1 aliphatic rings. The summed E-state index contributed by atoms with van der Waals surface area (Å²) in [5, 5.41) is 11.1.